The van der Waals surface area contributed by atoms with Crippen molar-refractivity contribution in [2.24, 2.45) is 0 Å². The molecule has 20 heavy (non-hydrogen) atoms. The highest BCUT2D eigenvalue weighted by molar-refractivity contribution is 9.10. The molecule has 2 aromatic carbocycles. The van der Waals surface area contributed by atoms with Crippen LogP contribution in [0.3, 0.4) is 0 Å². The summed E-state index contributed by atoms with van der Waals surface area (Å²) in [5, 5.41) is 10.1. The summed E-state index contributed by atoms with van der Waals surface area (Å²) >= 11 is 3.19. The van der Waals surface area contributed by atoms with Gasteiger partial charge in [0.1, 0.15) is 17.7 Å². The third-order valence-corrected chi connectivity index (χ3v) is 3.17. The number of rotatable bonds is 4. The molecule has 0 radical (unpaired) electrons. The van der Waals surface area contributed by atoms with Gasteiger partial charge < -0.3 is 9.84 Å². The Labute approximate surface area is 121 Å². The summed E-state index contributed by atoms with van der Waals surface area (Å²) in [6.45, 7) is -2.91. The maximum atomic E-state index is 13.7. The molecule has 2 aromatic rings. The minimum Gasteiger partial charge on any atom is -0.435 e. The van der Waals surface area contributed by atoms with Gasteiger partial charge in [-0.05, 0) is 35.9 Å². The Morgan fingerprint density at radius 2 is 1.70 bits per heavy atom. The summed E-state index contributed by atoms with van der Waals surface area (Å²) in [4.78, 5) is 0. The number of benzene rings is 2. The Morgan fingerprint density at radius 1 is 1.05 bits per heavy atom. The Morgan fingerprint density at radius 3 is 2.30 bits per heavy atom. The van der Waals surface area contributed by atoms with E-state index in [9.17, 15) is 18.3 Å². The molecule has 106 valence electrons. The quantitative estimate of drug-likeness (QED) is 0.895. The predicted molar refractivity (Wildman–Crippen MR) is 71.2 cm³/mol. The number of aliphatic hydroxyl groups is 1. The van der Waals surface area contributed by atoms with Gasteiger partial charge in [0.25, 0.3) is 0 Å². The molecule has 2 rings (SSSR count). The molecular weight excluding hydrogens is 337 g/mol. The Bertz CT molecular complexity index is 587. The Hall–Kier alpha value is -1.53. The number of hydrogen-bond donors (Lipinski definition) is 1. The van der Waals surface area contributed by atoms with E-state index >= 15 is 0 Å². The summed E-state index contributed by atoms with van der Waals surface area (Å²) in [5.41, 5.74) is 0.477. The summed E-state index contributed by atoms with van der Waals surface area (Å²) in [6, 6.07) is 9.61. The van der Waals surface area contributed by atoms with Crippen molar-refractivity contribution in [3.8, 4) is 5.75 Å². The van der Waals surface area contributed by atoms with Gasteiger partial charge in [-0.25, -0.2) is 4.39 Å². The molecule has 0 amide bonds. The normalized spacial score (nSPS) is 12.5. The Balaban J connectivity index is 2.24. The van der Waals surface area contributed by atoms with Crippen LogP contribution in [0.25, 0.3) is 0 Å². The molecule has 0 aliphatic rings. The fourth-order valence-corrected chi connectivity index (χ4v) is 2.11. The highest BCUT2D eigenvalue weighted by Gasteiger charge is 2.16. The molecule has 0 aliphatic heterocycles. The van der Waals surface area contributed by atoms with Crippen LogP contribution in [-0.4, -0.2) is 11.7 Å². The monoisotopic (exact) mass is 346 g/mol. The summed E-state index contributed by atoms with van der Waals surface area (Å²) < 4.78 is 42.5. The molecule has 1 unspecified atom stereocenters. The average Bonchev–Trinajstić information content (AvgIpc) is 2.41. The van der Waals surface area contributed by atoms with Gasteiger partial charge in [-0.3, -0.25) is 0 Å². The smallest absolute Gasteiger partial charge is 0.387 e. The second kappa shape index (κ2) is 6.28. The van der Waals surface area contributed by atoms with Gasteiger partial charge in [0, 0.05) is 10.0 Å². The third-order valence-electron chi connectivity index (χ3n) is 2.67. The SMILES string of the molecule is OC(c1ccc(OC(F)F)cc1)c1cc(Br)ccc1F. The van der Waals surface area contributed by atoms with Crippen LogP contribution >= 0.6 is 15.9 Å². The topological polar surface area (TPSA) is 29.5 Å². The summed E-state index contributed by atoms with van der Waals surface area (Å²) in [6.07, 6.45) is -1.19. The first-order valence-electron chi connectivity index (χ1n) is 5.65. The van der Waals surface area contributed by atoms with Gasteiger partial charge in [0.05, 0.1) is 0 Å². The van der Waals surface area contributed by atoms with Gasteiger partial charge in [-0.15, -0.1) is 0 Å². The first-order chi connectivity index (χ1) is 9.47. The molecule has 0 fully saturated rings. The number of aliphatic hydroxyl groups excluding tert-OH is 1. The maximum Gasteiger partial charge on any atom is 0.387 e. The highest BCUT2D eigenvalue weighted by atomic mass is 79.9. The minimum atomic E-state index is -2.91. The van der Waals surface area contributed by atoms with Crippen molar-refractivity contribution in [2.75, 3.05) is 0 Å². The first-order valence-corrected chi connectivity index (χ1v) is 6.44. The zero-order valence-corrected chi connectivity index (χ0v) is 11.6. The van der Waals surface area contributed by atoms with Crippen molar-refractivity contribution in [3.63, 3.8) is 0 Å². The molecular formula is C14H10BrF3O2. The van der Waals surface area contributed by atoms with E-state index in [0.29, 0.717) is 10.0 Å². The lowest BCUT2D eigenvalue weighted by molar-refractivity contribution is -0.0498. The second-order valence-electron chi connectivity index (χ2n) is 4.02. The van der Waals surface area contributed by atoms with Gasteiger partial charge in [0.2, 0.25) is 0 Å². The van der Waals surface area contributed by atoms with Crippen LogP contribution in [0.1, 0.15) is 17.2 Å². The van der Waals surface area contributed by atoms with Crippen LogP contribution in [0.15, 0.2) is 46.9 Å². The fourth-order valence-electron chi connectivity index (χ4n) is 1.74. The average molecular weight is 347 g/mol. The largest absolute Gasteiger partial charge is 0.435 e. The van der Waals surface area contributed by atoms with E-state index in [1.54, 1.807) is 0 Å². The number of hydrogen-bond acceptors (Lipinski definition) is 2. The number of halogens is 4. The standard InChI is InChI=1S/C14H10BrF3O2/c15-9-3-6-12(16)11(7-9)13(19)8-1-4-10(5-2-8)20-14(17)18/h1-7,13-14,19H. The van der Waals surface area contributed by atoms with Gasteiger partial charge in [-0.1, -0.05) is 28.1 Å². The van der Waals surface area contributed by atoms with Gasteiger partial charge in [-0.2, -0.15) is 8.78 Å². The van der Waals surface area contributed by atoms with Crippen molar-refractivity contribution in [3.05, 3.63) is 63.9 Å². The molecule has 0 saturated heterocycles. The first kappa shape index (κ1) is 14.9. The van der Waals surface area contributed by atoms with E-state index in [1.807, 2.05) is 0 Å². The lowest BCUT2D eigenvalue weighted by atomic mass is 10.0. The van der Waals surface area contributed by atoms with Crippen LogP contribution in [0.2, 0.25) is 0 Å². The molecule has 0 heterocycles. The zero-order valence-electron chi connectivity index (χ0n) is 10.1. The van der Waals surface area contributed by atoms with Crippen molar-refractivity contribution < 1.29 is 23.0 Å². The molecule has 1 atom stereocenters. The third kappa shape index (κ3) is 3.52. The van der Waals surface area contributed by atoms with Crippen molar-refractivity contribution >= 4 is 15.9 Å². The second-order valence-corrected chi connectivity index (χ2v) is 4.93. The van der Waals surface area contributed by atoms with Crippen LogP contribution in [0, 0.1) is 5.82 Å². The van der Waals surface area contributed by atoms with E-state index < -0.39 is 18.5 Å². The van der Waals surface area contributed by atoms with E-state index in [0.717, 1.165) is 0 Å². The van der Waals surface area contributed by atoms with E-state index in [-0.39, 0.29) is 11.3 Å². The van der Waals surface area contributed by atoms with Gasteiger partial charge >= 0.3 is 6.61 Å². The van der Waals surface area contributed by atoms with Gasteiger partial charge in [0.15, 0.2) is 0 Å². The summed E-state index contributed by atoms with van der Waals surface area (Å²) in [5.74, 6) is -0.570. The van der Waals surface area contributed by atoms with E-state index in [2.05, 4.69) is 20.7 Å². The molecule has 0 spiro atoms. The van der Waals surface area contributed by atoms with Crippen LogP contribution in [-0.2, 0) is 0 Å². The lowest BCUT2D eigenvalue weighted by Crippen LogP contribution is -2.04. The molecule has 6 heteroatoms. The van der Waals surface area contributed by atoms with E-state index in [1.165, 1.54) is 42.5 Å². The minimum absolute atomic E-state index is 0.0225. The number of alkyl halides is 2. The van der Waals surface area contributed by atoms with E-state index in [4.69, 9.17) is 0 Å². The maximum absolute atomic E-state index is 13.7. The van der Waals surface area contributed by atoms with Crippen molar-refractivity contribution in [1.82, 2.24) is 0 Å². The summed E-state index contributed by atoms with van der Waals surface area (Å²) in [7, 11) is 0. The highest BCUT2D eigenvalue weighted by Crippen LogP contribution is 2.28. The zero-order chi connectivity index (χ0) is 14.7. The number of ether oxygens (including phenoxy) is 1. The molecule has 2 nitrogen and oxygen atoms in total. The fraction of sp³-hybridized carbons (Fsp3) is 0.143. The van der Waals surface area contributed by atoms with Crippen molar-refractivity contribution in [2.45, 2.75) is 12.7 Å². The molecule has 0 bridgehead atoms. The predicted octanol–water partition coefficient (Wildman–Crippen LogP) is 4.27. The van der Waals surface area contributed by atoms with Crippen LogP contribution < -0.4 is 4.74 Å². The van der Waals surface area contributed by atoms with Crippen LogP contribution in [0.4, 0.5) is 13.2 Å². The molecule has 1 N–H and O–H groups in total. The molecule has 0 aromatic heterocycles. The molecule has 0 aliphatic carbocycles. The molecule has 0 saturated carbocycles. The lowest BCUT2D eigenvalue weighted by Gasteiger charge is -2.13. The Kier molecular flexibility index (Phi) is 4.67. The van der Waals surface area contributed by atoms with Crippen molar-refractivity contribution in [1.29, 1.82) is 0 Å². The van der Waals surface area contributed by atoms with Crippen LogP contribution in [0.5, 0.6) is 5.75 Å².